The van der Waals surface area contributed by atoms with Gasteiger partial charge in [0.15, 0.2) is 17.5 Å². The molecule has 3 rings (SSSR count). The summed E-state index contributed by atoms with van der Waals surface area (Å²) in [6, 6.07) is 9.21. The number of carbonyl (C=O) groups is 2. The van der Waals surface area contributed by atoms with Crippen molar-refractivity contribution in [3.8, 4) is 0 Å². The molecule has 1 saturated heterocycles. The third kappa shape index (κ3) is 3.88. The van der Waals surface area contributed by atoms with E-state index in [0.717, 1.165) is 17.7 Å². The lowest BCUT2D eigenvalue weighted by Gasteiger charge is -2.21. The topological polar surface area (TPSA) is 49.4 Å². The van der Waals surface area contributed by atoms with E-state index in [0.29, 0.717) is 5.69 Å². The zero-order valence-electron chi connectivity index (χ0n) is 15.9. The maximum Gasteiger partial charge on any atom is 0.229 e. The van der Waals surface area contributed by atoms with Gasteiger partial charge in [0.25, 0.3) is 0 Å². The Hall–Kier alpha value is -2.83. The highest BCUT2D eigenvalue weighted by Gasteiger charge is 2.35. The van der Waals surface area contributed by atoms with Crippen LogP contribution < -0.4 is 10.2 Å². The molecule has 0 radical (unpaired) electrons. The molecule has 1 fully saturated rings. The molecule has 7 heteroatoms. The molecule has 1 aliphatic rings. The highest BCUT2D eigenvalue weighted by Crippen LogP contribution is 2.29. The summed E-state index contributed by atoms with van der Waals surface area (Å²) in [5, 5.41) is 2.24. The molecule has 1 N–H and O–H groups in total. The lowest BCUT2D eigenvalue weighted by molar-refractivity contribution is -0.122. The Morgan fingerprint density at radius 3 is 2.29 bits per heavy atom. The fourth-order valence-corrected chi connectivity index (χ4v) is 3.13. The highest BCUT2D eigenvalue weighted by molar-refractivity contribution is 6.03. The number of anilines is 2. The van der Waals surface area contributed by atoms with E-state index in [2.05, 4.69) is 26.1 Å². The molecule has 1 unspecified atom stereocenters. The van der Waals surface area contributed by atoms with Gasteiger partial charge in [0, 0.05) is 18.7 Å². The Morgan fingerprint density at radius 2 is 1.68 bits per heavy atom. The highest BCUT2D eigenvalue weighted by atomic mass is 19.2. The largest absolute Gasteiger partial charge is 0.323 e. The van der Waals surface area contributed by atoms with E-state index in [4.69, 9.17) is 0 Å². The number of nitrogens with zero attached hydrogens (tertiary/aromatic N) is 1. The van der Waals surface area contributed by atoms with Gasteiger partial charge < -0.3 is 10.2 Å². The molecule has 2 aromatic rings. The molecule has 1 aliphatic heterocycles. The van der Waals surface area contributed by atoms with Gasteiger partial charge in [-0.25, -0.2) is 13.2 Å². The van der Waals surface area contributed by atoms with Crippen LogP contribution in [0.1, 0.15) is 32.8 Å². The Balaban J connectivity index is 1.72. The van der Waals surface area contributed by atoms with Gasteiger partial charge in [-0.15, -0.1) is 0 Å². The van der Waals surface area contributed by atoms with Crippen molar-refractivity contribution >= 4 is 23.2 Å². The summed E-state index contributed by atoms with van der Waals surface area (Å²) < 4.78 is 40.1. The van der Waals surface area contributed by atoms with Crippen molar-refractivity contribution in [2.45, 2.75) is 32.6 Å². The number of nitrogens with one attached hydrogen (secondary N) is 1. The van der Waals surface area contributed by atoms with E-state index in [1.54, 1.807) is 0 Å². The van der Waals surface area contributed by atoms with Crippen molar-refractivity contribution in [3.63, 3.8) is 0 Å². The molecule has 148 valence electrons. The molecule has 1 heterocycles. The predicted molar refractivity (Wildman–Crippen MR) is 101 cm³/mol. The van der Waals surface area contributed by atoms with Crippen LogP contribution in [0.25, 0.3) is 0 Å². The fourth-order valence-electron chi connectivity index (χ4n) is 3.13. The molecule has 28 heavy (non-hydrogen) atoms. The van der Waals surface area contributed by atoms with Crippen molar-refractivity contribution in [1.29, 1.82) is 0 Å². The first-order valence-electron chi connectivity index (χ1n) is 8.93. The summed E-state index contributed by atoms with van der Waals surface area (Å²) in [4.78, 5) is 26.2. The third-order valence-corrected chi connectivity index (χ3v) is 4.83. The Labute approximate surface area is 161 Å². The minimum Gasteiger partial charge on any atom is -0.323 e. The number of halogens is 3. The minimum absolute atomic E-state index is 0.0233. The molecule has 2 aromatic carbocycles. The molecule has 0 bridgehead atoms. The van der Waals surface area contributed by atoms with Gasteiger partial charge >= 0.3 is 0 Å². The molecule has 1 atom stereocenters. The minimum atomic E-state index is -1.65. The Kier molecular flexibility index (Phi) is 5.19. The fraction of sp³-hybridized carbons (Fsp3) is 0.333. The average Bonchev–Trinajstić information content (AvgIpc) is 3.03. The first-order chi connectivity index (χ1) is 13.1. The molecule has 0 aliphatic carbocycles. The van der Waals surface area contributed by atoms with E-state index < -0.39 is 35.0 Å². The second kappa shape index (κ2) is 7.30. The lowest BCUT2D eigenvalue weighted by Crippen LogP contribution is -2.28. The first-order valence-corrected chi connectivity index (χ1v) is 8.93. The number of hydrogen-bond acceptors (Lipinski definition) is 2. The van der Waals surface area contributed by atoms with Gasteiger partial charge in [-0.05, 0) is 35.2 Å². The number of carbonyl (C=O) groups excluding carboxylic acids is 2. The summed E-state index contributed by atoms with van der Waals surface area (Å²) in [5.41, 5.74) is 1.31. The maximum atomic E-state index is 13.8. The number of rotatable bonds is 3. The summed E-state index contributed by atoms with van der Waals surface area (Å²) >= 11 is 0. The van der Waals surface area contributed by atoms with E-state index in [9.17, 15) is 22.8 Å². The Bertz CT molecular complexity index is 920. The van der Waals surface area contributed by atoms with Crippen LogP contribution in [-0.2, 0) is 15.0 Å². The van der Waals surface area contributed by atoms with Crippen molar-refractivity contribution < 1.29 is 22.8 Å². The summed E-state index contributed by atoms with van der Waals surface area (Å²) in [6.07, 6.45) is -0.0435. The average molecular weight is 390 g/mol. The monoisotopic (exact) mass is 390 g/mol. The van der Waals surface area contributed by atoms with Crippen LogP contribution in [0.2, 0.25) is 0 Å². The molecule has 4 nitrogen and oxygen atoms in total. The van der Waals surface area contributed by atoms with Crippen LogP contribution in [0.15, 0.2) is 36.4 Å². The van der Waals surface area contributed by atoms with Gasteiger partial charge in [0.05, 0.1) is 11.6 Å². The smallest absolute Gasteiger partial charge is 0.229 e. The van der Waals surface area contributed by atoms with Gasteiger partial charge in [0.2, 0.25) is 11.8 Å². The van der Waals surface area contributed by atoms with Crippen LogP contribution in [0.5, 0.6) is 0 Å². The lowest BCUT2D eigenvalue weighted by atomic mass is 9.87. The van der Waals surface area contributed by atoms with Gasteiger partial charge in [-0.2, -0.15) is 0 Å². The second-order valence-electron chi connectivity index (χ2n) is 7.91. The zero-order valence-corrected chi connectivity index (χ0v) is 15.9. The van der Waals surface area contributed by atoms with E-state index >= 15 is 0 Å². The van der Waals surface area contributed by atoms with Crippen LogP contribution >= 0.6 is 0 Å². The van der Waals surface area contributed by atoms with Crippen molar-refractivity contribution in [3.05, 3.63) is 59.4 Å². The summed E-state index contributed by atoms with van der Waals surface area (Å²) in [7, 11) is 0. The van der Waals surface area contributed by atoms with Crippen molar-refractivity contribution in [2.75, 3.05) is 16.8 Å². The normalized spacial score (nSPS) is 17.1. The van der Waals surface area contributed by atoms with Crippen molar-refractivity contribution in [1.82, 2.24) is 0 Å². The van der Waals surface area contributed by atoms with Crippen molar-refractivity contribution in [2.24, 2.45) is 5.92 Å². The van der Waals surface area contributed by atoms with Gasteiger partial charge in [-0.3, -0.25) is 9.59 Å². The van der Waals surface area contributed by atoms with Crippen LogP contribution in [0.4, 0.5) is 24.5 Å². The number of benzene rings is 2. The molecule has 0 spiro atoms. The molecule has 0 aromatic heterocycles. The van der Waals surface area contributed by atoms with E-state index in [1.807, 2.05) is 24.3 Å². The molecule has 2 amide bonds. The third-order valence-electron chi connectivity index (χ3n) is 4.83. The zero-order chi connectivity index (χ0) is 20.6. The van der Waals surface area contributed by atoms with Gasteiger partial charge in [0.1, 0.15) is 0 Å². The predicted octanol–water partition coefficient (Wildman–Crippen LogP) is 4.39. The summed E-state index contributed by atoms with van der Waals surface area (Å²) in [6.45, 7) is 6.38. The van der Waals surface area contributed by atoms with Crippen LogP contribution in [-0.4, -0.2) is 18.4 Å². The second-order valence-corrected chi connectivity index (χ2v) is 7.91. The SMILES string of the molecule is CC(C)(C)c1ccc(N2CC(C(=O)Nc3ccc(F)c(F)c3F)CC2=O)cc1. The number of amides is 2. The molecule has 0 saturated carbocycles. The molecular weight excluding hydrogens is 369 g/mol. The van der Waals surface area contributed by atoms with Gasteiger partial charge in [-0.1, -0.05) is 32.9 Å². The summed E-state index contributed by atoms with van der Waals surface area (Å²) in [5.74, 6) is -6.02. The van der Waals surface area contributed by atoms with E-state index in [-0.39, 0.29) is 24.3 Å². The molecular formula is C21H21F3N2O2. The first kappa shape index (κ1) is 19.9. The van der Waals surface area contributed by atoms with E-state index in [1.165, 1.54) is 4.90 Å². The maximum absolute atomic E-state index is 13.8. The quantitative estimate of drug-likeness (QED) is 0.790. The van der Waals surface area contributed by atoms with Crippen LogP contribution in [0.3, 0.4) is 0 Å². The standard InChI is InChI=1S/C21H21F3N2O2/c1-21(2,3)13-4-6-14(7-5-13)26-11-12(10-17(26)27)20(28)25-16-9-8-15(22)18(23)19(16)24/h4-9,12H,10-11H2,1-3H3,(H,25,28). The van der Waals surface area contributed by atoms with Crippen LogP contribution in [0, 0.1) is 23.4 Å². The number of hydrogen-bond donors (Lipinski definition) is 1. The Morgan fingerprint density at radius 1 is 1.04 bits per heavy atom.